The largest absolute Gasteiger partial charge is 0.494 e. The molecule has 0 unspecified atom stereocenters. The number of carbonyl (C=O) groups excluding carboxylic acids is 1. The van der Waals surface area contributed by atoms with Crippen molar-refractivity contribution in [2.45, 2.75) is 19.4 Å². The van der Waals surface area contributed by atoms with Gasteiger partial charge in [0.2, 0.25) is 5.91 Å². The predicted octanol–water partition coefficient (Wildman–Crippen LogP) is 3.30. The Labute approximate surface area is 134 Å². The lowest BCUT2D eigenvalue weighted by Gasteiger charge is -2.07. The summed E-state index contributed by atoms with van der Waals surface area (Å²) in [5.74, 6) is 0.840. The van der Waals surface area contributed by atoms with Crippen molar-refractivity contribution in [3.8, 4) is 5.75 Å². The zero-order chi connectivity index (χ0) is 15.9. The number of amides is 1. The summed E-state index contributed by atoms with van der Waals surface area (Å²) in [5.41, 5.74) is 2.54. The molecule has 0 atom stereocenters. The van der Waals surface area contributed by atoms with Gasteiger partial charge in [0.05, 0.1) is 6.61 Å². The molecular formula is C18H18N2O3. The molecule has 5 heteroatoms. The SMILES string of the molecule is O=C(CCCOc1ccccc1)NCc1ccc2ncoc2c1. The molecule has 23 heavy (non-hydrogen) atoms. The maximum Gasteiger partial charge on any atom is 0.220 e. The van der Waals surface area contributed by atoms with Gasteiger partial charge in [-0.05, 0) is 36.2 Å². The van der Waals surface area contributed by atoms with Gasteiger partial charge in [-0.25, -0.2) is 4.98 Å². The van der Waals surface area contributed by atoms with E-state index in [0.29, 0.717) is 26.0 Å². The minimum atomic E-state index is 0.0133. The molecule has 1 N–H and O–H groups in total. The molecule has 0 fully saturated rings. The third kappa shape index (κ3) is 4.32. The lowest BCUT2D eigenvalue weighted by molar-refractivity contribution is -0.121. The van der Waals surface area contributed by atoms with E-state index in [1.807, 2.05) is 48.5 Å². The van der Waals surface area contributed by atoms with Gasteiger partial charge in [-0.1, -0.05) is 24.3 Å². The number of nitrogens with zero attached hydrogens (tertiary/aromatic N) is 1. The maximum absolute atomic E-state index is 11.8. The van der Waals surface area contributed by atoms with Crippen molar-refractivity contribution in [2.75, 3.05) is 6.61 Å². The molecule has 0 saturated carbocycles. The zero-order valence-corrected chi connectivity index (χ0v) is 12.7. The van der Waals surface area contributed by atoms with Gasteiger partial charge in [0.1, 0.15) is 11.3 Å². The molecule has 3 rings (SSSR count). The molecule has 0 radical (unpaired) electrons. The number of rotatable bonds is 7. The molecule has 0 spiro atoms. The molecule has 1 amide bonds. The highest BCUT2D eigenvalue weighted by Gasteiger charge is 2.04. The van der Waals surface area contributed by atoms with E-state index in [1.54, 1.807) is 0 Å². The van der Waals surface area contributed by atoms with Crippen molar-refractivity contribution in [2.24, 2.45) is 0 Å². The van der Waals surface area contributed by atoms with Crippen LogP contribution in [0.15, 0.2) is 59.3 Å². The second kappa shape index (κ2) is 7.45. The normalized spacial score (nSPS) is 10.6. The molecule has 1 heterocycles. The van der Waals surface area contributed by atoms with Crippen LogP contribution in [0.4, 0.5) is 0 Å². The van der Waals surface area contributed by atoms with Crippen LogP contribution in [-0.2, 0) is 11.3 Å². The first-order chi connectivity index (χ1) is 11.3. The first-order valence-corrected chi connectivity index (χ1v) is 7.58. The molecule has 118 valence electrons. The van der Waals surface area contributed by atoms with E-state index < -0.39 is 0 Å². The van der Waals surface area contributed by atoms with E-state index in [9.17, 15) is 4.79 Å². The highest BCUT2D eigenvalue weighted by molar-refractivity contribution is 5.76. The van der Waals surface area contributed by atoms with Crippen molar-refractivity contribution < 1.29 is 13.9 Å². The Balaban J connectivity index is 1.37. The Morgan fingerprint density at radius 2 is 2.04 bits per heavy atom. The fraction of sp³-hybridized carbons (Fsp3) is 0.222. The van der Waals surface area contributed by atoms with Gasteiger partial charge in [-0.15, -0.1) is 0 Å². The van der Waals surface area contributed by atoms with Crippen LogP contribution in [0.3, 0.4) is 0 Å². The van der Waals surface area contributed by atoms with Crippen LogP contribution in [0, 0.1) is 0 Å². The average Bonchev–Trinajstić information content (AvgIpc) is 3.05. The maximum atomic E-state index is 11.8. The van der Waals surface area contributed by atoms with E-state index in [4.69, 9.17) is 9.15 Å². The summed E-state index contributed by atoms with van der Waals surface area (Å²) >= 11 is 0. The van der Waals surface area contributed by atoms with E-state index in [0.717, 1.165) is 22.4 Å². The summed E-state index contributed by atoms with van der Waals surface area (Å²) < 4.78 is 10.8. The van der Waals surface area contributed by atoms with Gasteiger partial charge in [0.15, 0.2) is 12.0 Å². The van der Waals surface area contributed by atoms with Crippen LogP contribution in [0.25, 0.3) is 11.1 Å². The Morgan fingerprint density at radius 1 is 1.17 bits per heavy atom. The van der Waals surface area contributed by atoms with Crippen molar-refractivity contribution in [1.29, 1.82) is 0 Å². The number of hydrogen-bond acceptors (Lipinski definition) is 4. The first-order valence-electron chi connectivity index (χ1n) is 7.58. The summed E-state index contributed by atoms with van der Waals surface area (Å²) in [5, 5.41) is 2.90. The first kappa shape index (κ1) is 15.1. The minimum Gasteiger partial charge on any atom is -0.494 e. The molecule has 0 aliphatic rings. The molecule has 0 bridgehead atoms. The van der Waals surface area contributed by atoms with Crippen molar-refractivity contribution >= 4 is 17.0 Å². The summed E-state index contributed by atoms with van der Waals surface area (Å²) in [6, 6.07) is 15.3. The zero-order valence-electron chi connectivity index (χ0n) is 12.7. The monoisotopic (exact) mass is 310 g/mol. The molecule has 2 aromatic carbocycles. The number of hydrogen-bond donors (Lipinski definition) is 1. The van der Waals surface area contributed by atoms with Crippen LogP contribution in [-0.4, -0.2) is 17.5 Å². The molecule has 3 aromatic rings. The quantitative estimate of drug-likeness (QED) is 0.680. The topological polar surface area (TPSA) is 64.4 Å². The van der Waals surface area contributed by atoms with Crippen LogP contribution < -0.4 is 10.1 Å². The molecule has 0 aliphatic heterocycles. The van der Waals surface area contributed by atoms with E-state index >= 15 is 0 Å². The Kier molecular flexibility index (Phi) is 4.88. The molecular weight excluding hydrogens is 292 g/mol. The van der Waals surface area contributed by atoms with Crippen LogP contribution in [0.2, 0.25) is 0 Å². The lowest BCUT2D eigenvalue weighted by Crippen LogP contribution is -2.22. The molecule has 0 saturated heterocycles. The number of para-hydroxylation sites is 1. The fourth-order valence-corrected chi connectivity index (χ4v) is 2.24. The number of ether oxygens (including phenoxy) is 1. The minimum absolute atomic E-state index is 0.0133. The molecule has 5 nitrogen and oxygen atoms in total. The van der Waals surface area contributed by atoms with Crippen molar-refractivity contribution in [3.05, 3.63) is 60.5 Å². The summed E-state index contributed by atoms with van der Waals surface area (Å²) in [7, 11) is 0. The number of carbonyl (C=O) groups is 1. The van der Waals surface area contributed by atoms with E-state index in [-0.39, 0.29) is 5.91 Å². The van der Waals surface area contributed by atoms with E-state index in [1.165, 1.54) is 6.39 Å². The lowest BCUT2D eigenvalue weighted by atomic mass is 10.2. The standard InChI is InChI=1S/C18H18N2O3/c21-18(7-4-10-22-15-5-2-1-3-6-15)19-12-14-8-9-16-17(11-14)23-13-20-16/h1-3,5-6,8-9,11,13H,4,7,10,12H2,(H,19,21). The third-order valence-electron chi connectivity index (χ3n) is 3.45. The van der Waals surface area contributed by atoms with Crippen LogP contribution in [0.1, 0.15) is 18.4 Å². The van der Waals surface area contributed by atoms with Gasteiger partial charge >= 0.3 is 0 Å². The predicted molar refractivity (Wildman–Crippen MR) is 87.0 cm³/mol. The average molecular weight is 310 g/mol. The van der Waals surface area contributed by atoms with Crippen LogP contribution >= 0.6 is 0 Å². The van der Waals surface area contributed by atoms with Gasteiger partial charge in [0.25, 0.3) is 0 Å². The van der Waals surface area contributed by atoms with Gasteiger partial charge in [-0.2, -0.15) is 0 Å². The van der Waals surface area contributed by atoms with Gasteiger partial charge < -0.3 is 14.5 Å². The van der Waals surface area contributed by atoms with Crippen molar-refractivity contribution in [1.82, 2.24) is 10.3 Å². The summed E-state index contributed by atoms with van der Waals surface area (Å²) in [6.45, 7) is 1.01. The number of nitrogens with one attached hydrogen (secondary N) is 1. The van der Waals surface area contributed by atoms with Crippen molar-refractivity contribution in [3.63, 3.8) is 0 Å². The Hall–Kier alpha value is -2.82. The smallest absolute Gasteiger partial charge is 0.220 e. The molecule has 1 aromatic heterocycles. The number of fused-ring (bicyclic) bond motifs is 1. The number of oxazole rings is 1. The Morgan fingerprint density at radius 3 is 2.91 bits per heavy atom. The summed E-state index contributed by atoms with van der Waals surface area (Å²) in [4.78, 5) is 15.9. The van der Waals surface area contributed by atoms with Crippen LogP contribution in [0.5, 0.6) is 5.75 Å². The van der Waals surface area contributed by atoms with Gasteiger partial charge in [-0.3, -0.25) is 4.79 Å². The van der Waals surface area contributed by atoms with E-state index in [2.05, 4.69) is 10.3 Å². The number of benzene rings is 2. The Bertz CT molecular complexity index is 768. The number of aromatic nitrogens is 1. The molecule has 0 aliphatic carbocycles. The summed E-state index contributed by atoms with van der Waals surface area (Å²) in [6.07, 6.45) is 2.54. The van der Waals surface area contributed by atoms with Gasteiger partial charge in [0, 0.05) is 13.0 Å². The third-order valence-corrected chi connectivity index (χ3v) is 3.45. The highest BCUT2D eigenvalue weighted by atomic mass is 16.5. The second-order valence-electron chi connectivity index (χ2n) is 5.20. The highest BCUT2D eigenvalue weighted by Crippen LogP contribution is 2.14. The second-order valence-corrected chi connectivity index (χ2v) is 5.20. The fourth-order valence-electron chi connectivity index (χ4n) is 2.24.